The number of para-hydroxylation sites is 1. The van der Waals surface area contributed by atoms with Gasteiger partial charge in [0.2, 0.25) is 5.82 Å². The van der Waals surface area contributed by atoms with Gasteiger partial charge in [-0.1, -0.05) is 28.9 Å². The summed E-state index contributed by atoms with van der Waals surface area (Å²) in [6.45, 7) is 0.164. The third kappa shape index (κ3) is 3.46. The lowest BCUT2D eigenvalue weighted by Crippen LogP contribution is -2.24. The monoisotopic (exact) mass is 490 g/mol. The van der Waals surface area contributed by atoms with Crippen LogP contribution in [0.5, 0.6) is 0 Å². The Hall–Kier alpha value is -4.44. The molecule has 8 nitrogen and oxygen atoms in total. The van der Waals surface area contributed by atoms with E-state index in [0.29, 0.717) is 21.7 Å². The Bertz CT molecular complexity index is 1800. The van der Waals surface area contributed by atoms with E-state index < -0.39 is 17.2 Å². The minimum Gasteiger partial charge on any atom is -0.332 e. The second-order valence-electron chi connectivity index (χ2n) is 7.68. The van der Waals surface area contributed by atoms with E-state index in [1.54, 1.807) is 40.9 Å². The summed E-state index contributed by atoms with van der Waals surface area (Å²) < 4.78 is 35.9. The maximum absolute atomic E-state index is 14.2. The second kappa shape index (κ2) is 8.10. The molecule has 6 aromatic rings. The van der Waals surface area contributed by atoms with E-state index in [1.165, 1.54) is 17.0 Å². The lowest BCUT2D eigenvalue weighted by atomic mass is 10.2. The lowest BCUT2D eigenvalue weighted by Gasteiger charge is -2.13. The number of pyridine rings is 1. The van der Waals surface area contributed by atoms with Crippen LogP contribution in [0.25, 0.3) is 39.5 Å². The van der Waals surface area contributed by atoms with Gasteiger partial charge in [-0.2, -0.15) is 4.98 Å². The van der Waals surface area contributed by atoms with Gasteiger partial charge in [0.15, 0.2) is 5.69 Å². The molecule has 0 saturated heterocycles. The van der Waals surface area contributed by atoms with Crippen LogP contribution in [0.1, 0.15) is 5.69 Å². The summed E-state index contributed by atoms with van der Waals surface area (Å²) in [5, 5.41) is 4.19. The first-order valence-electron chi connectivity index (χ1n) is 10.4. The molecular weight excluding hydrogens is 478 g/mol. The summed E-state index contributed by atoms with van der Waals surface area (Å²) in [5.74, 6) is -1.76. The minimum atomic E-state index is -0.842. The molecule has 0 aliphatic rings. The van der Waals surface area contributed by atoms with Crippen molar-refractivity contribution in [3.8, 4) is 23.0 Å². The minimum absolute atomic E-state index is 0.0466. The van der Waals surface area contributed by atoms with Crippen molar-refractivity contribution >= 4 is 28.2 Å². The number of aromatic nitrogens is 6. The molecule has 4 aromatic heterocycles. The summed E-state index contributed by atoms with van der Waals surface area (Å²) in [4.78, 5) is 26.6. The zero-order valence-corrected chi connectivity index (χ0v) is 18.4. The number of fused-ring (bicyclic) bond motifs is 3. The van der Waals surface area contributed by atoms with Crippen molar-refractivity contribution in [2.24, 2.45) is 0 Å². The Morgan fingerprint density at radius 3 is 2.69 bits per heavy atom. The predicted molar refractivity (Wildman–Crippen MR) is 124 cm³/mol. The summed E-state index contributed by atoms with van der Waals surface area (Å²) in [5.41, 5.74) is 1.64. The SMILES string of the molecule is O=c1c2c(-c3nc(-c4ccc(F)cc4F)no3)ncn2c2cccc(Cl)c2n1Cc1ccccn1. The van der Waals surface area contributed by atoms with Gasteiger partial charge in [-0.25, -0.2) is 13.8 Å². The van der Waals surface area contributed by atoms with Gasteiger partial charge < -0.3 is 4.52 Å². The summed E-state index contributed by atoms with van der Waals surface area (Å²) in [6.07, 6.45) is 3.10. The molecule has 0 saturated carbocycles. The van der Waals surface area contributed by atoms with Crippen molar-refractivity contribution < 1.29 is 13.3 Å². The van der Waals surface area contributed by atoms with Crippen LogP contribution in [0, 0.1) is 11.6 Å². The molecule has 2 aromatic carbocycles. The van der Waals surface area contributed by atoms with Crippen LogP contribution < -0.4 is 5.56 Å². The molecule has 11 heteroatoms. The molecule has 35 heavy (non-hydrogen) atoms. The molecule has 0 aliphatic heterocycles. The zero-order chi connectivity index (χ0) is 24.1. The Kier molecular flexibility index (Phi) is 4.89. The molecule has 6 rings (SSSR count). The smallest absolute Gasteiger partial charge is 0.279 e. The van der Waals surface area contributed by atoms with Crippen LogP contribution in [0.4, 0.5) is 8.78 Å². The second-order valence-corrected chi connectivity index (χ2v) is 8.09. The highest BCUT2D eigenvalue weighted by molar-refractivity contribution is 6.35. The first kappa shape index (κ1) is 21.1. The van der Waals surface area contributed by atoms with E-state index in [2.05, 4.69) is 20.1 Å². The topological polar surface area (TPSA) is 91.1 Å². The molecule has 0 unspecified atom stereocenters. The van der Waals surface area contributed by atoms with Gasteiger partial charge in [0.25, 0.3) is 11.4 Å². The Labute approximate surface area is 200 Å². The molecule has 0 radical (unpaired) electrons. The highest BCUT2D eigenvalue weighted by Gasteiger charge is 2.23. The molecule has 0 atom stereocenters. The fourth-order valence-corrected chi connectivity index (χ4v) is 4.26. The van der Waals surface area contributed by atoms with Crippen molar-refractivity contribution in [3.63, 3.8) is 0 Å². The van der Waals surface area contributed by atoms with Crippen molar-refractivity contribution in [1.29, 1.82) is 0 Å². The molecule has 172 valence electrons. The Morgan fingerprint density at radius 1 is 1.00 bits per heavy atom. The normalized spacial score (nSPS) is 11.5. The van der Waals surface area contributed by atoms with Crippen molar-refractivity contribution in [3.05, 3.63) is 99.8 Å². The lowest BCUT2D eigenvalue weighted by molar-refractivity contribution is 0.431. The first-order valence-corrected chi connectivity index (χ1v) is 10.8. The number of hydrogen-bond acceptors (Lipinski definition) is 6. The van der Waals surface area contributed by atoms with Crippen LogP contribution in [0.15, 0.2) is 76.4 Å². The van der Waals surface area contributed by atoms with Gasteiger partial charge in [0, 0.05) is 12.3 Å². The van der Waals surface area contributed by atoms with E-state index in [4.69, 9.17) is 16.1 Å². The van der Waals surface area contributed by atoms with Crippen molar-refractivity contribution in [2.45, 2.75) is 6.54 Å². The van der Waals surface area contributed by atoms with Crippen molar-refractivity contribution in [2.75, 3.05) is 0 Å². The van der Waals surface area contributed by atoms with Crippen LogP contribution in [0.2, 0.25) is 5.02 Å². The number of nitrogens with zero attached hydrogens (tertiary/aromatic N) is 6. The fraction of sp³-hybridized carbons (Fsp3) is 0.0417. The third-order valence-corrected chi connectivity index (χ3v) is 5.86. The highest BCUT2D eigenvalue weighted by Crippen LogP contribution is 2.29. The summed E-state index contributed by atoms with van der Waals surface area (Å²) in [6, 6.07) is 13.7. The fourth-order valence-electron chi connectivity index (χ4n) is 3.99. The van der Waals surface area contributed by atoms with E-state index in [1.807, 2.05) is 6.07 Å². The first-order chi connectivity index (χ1) is 17.0. The molecule has 0 fully saturated rings. The van der Waals surface area contributed by atoms with Gasteiger partial charge in [0.1, 0.15) is 23.5 Å². The average Bonchev–Trinajstić information content (AvgIpc) is 3.50. The Balaban J connectivity index is 1.58. The van der Waals surface area contributed by atoms with E-state index >= 15 is 0 Å². The van der Waals surface area contributed by atoms with Gasteiger partial charge >= 0.3 is 0 Å². The molecule has 0 spiro atoms. The van der Waals surface area contributed by atoms with E-state index in [0.717, 1.165) is 12.1 Å². The Morgan fingerprint density at radius 2 is 1.89 bits per heavy atom. The van der Waals surface area contributed by atoms with Gasteiger partial charge in [-0.3, -0.25) is 18.7 Å². The zero-order valence-electron chi connectivity index (χ0n) is 17.7. The third-order valence-electron chi connectivity index (χ3n) is 5.56. The highest BCUT2D eigenvalue weighted by atomic mass is 35.5. The molecular formula is C24H13ClF2N6O2. The molecule has 0 bridgehead atoms. The number of hydrogen-bond donors (Lipinski definition) is 0. The number of halogens is 3. The van der Waals surface area contributed by atoms with E-state index in [9.17, 15) is 13.6 Å². The van der Waals surface area contributed by atoms with Crippen LogP contribution in [-0.4, -0.2) is 29.1 Å². The quantitative estimate of drug-likeness (QED) is 0.354. The standard InChI is InChI=1S/C24H13ClF2N6O2/c25-16-5-3-6-18-20(16)32(11-14-4-1-2-9-28-14)24(34)21-19(29-12-33(18)21)23-30-22(31-35-23)15-8-7-13(26)10-17(15)27/h1-10,12H,11H2. The summed E-state index contributed by atoms with van der Waals surface area (Å²) >= 11 is 6.50. The molecule has 0 aliphatic carbocycles. The van der Waals surface area contributed by atoms with Crippen LogP contribution in [0.3, 0.4) is 0 Å². The van der Waals surface area contributed by atoms with E-state index in [-0.39, 0.29) is 35.0 Å². The van der Waals surface area contributed by atoms with Crippen LogP contribution >= 0.6 is 11.6 Å². The largest absolute Gasteiger partial charge is 0.332 e. The number of imidazole rings is 1. The maximum atomic E-state index is 14.2. The van der Waals surface area contributed by atoms with Crippen LogP contribution in [-0.2, 0) is 6.54 Å². The number of rotatable bonds is 4. The number of benzene rings is 2. The van der Waals surface area contributed by atoms with Gasteiger partial charge in [-0.05, 0) is 36.4 Å². The van der Waals surface area contributed by atoms with Gasteiger partial charge in [0.05, 0.1) is 33.9 Å². The van der Waals surface area contributed by atoms with Gasteiger partial charge in [-0.15, -0.1) is 0 Å². The maximum Gasteiger partial charge on any atom is 0.279 e. The molecule has 0 amide bonds. The average molecular weight is 491 g/mol. The molecule has 0 N–H and O–H groups in total. The molecule has 4 heterocycles. The van der Waals surface area contributed by atoms with Crippen molar-refractivity contribution in [1.82, 2.24) is 29.1 Å². The summed E-state index contributed by atoms with van der Waals surface area (Å²) in [7, 11) is 0. The predicted octanol–water partition coefficient (Wildman–Crippen LogP) is 4.74.